The summed E-state index contributed by atoms with van der Waals surface area (Å²) in [5.74, 6) is 0.590. The summed E-state index contributed by atoms with van der Waals surface area (Å²) in [7, 11) is 0. The van der Waals surface area contributed by atoms with Crippen LogP contribution in [-0.2, 0) is 6.61 Å². The summed E-state index contributed by atoms with van der Waals surface area (Å²) in [4.78, 5) is 12.1. The number of hydrogen-bond donors (Lipinski definition) is 1. The number of aryl methyl sites for hydroxylation is 1. The van der Waals surface area contributed by atoms with Crippen molar-refractivity contribution in [3.05, 3.63) is 94.5 Å². The standard InChI is InChI=1S/C22H17BrI2N2O2/c1-14-5-7-15(8-6-14)13-29-21-19(24)9-16(10-20(21)25)12-26-27-22(28)17-3-2-4-18(23)11-17/h2-12H,13H2,1H3,(H,27,28)/b26-12-. The molecule has 0 aliphatic carbocycles. The molecule has 0 spiro atoms. The average molecular weight is 675 g/mol. The Morgan fingerprint density at radius 3 is 2.45 bits per heavy atom. The minimum absolute atomic E-state index is 0.259. The maximum absolute atomic E-state index is 12.1. The fourth-order valence-corrected chi connectivity index (χ4v) is 5.02. The van der Waals surface area contributed by atoms with Gasteiger partial charge in [0.15, 0.2) is 0 Å². The molecule has 0 aliphatic rings. The van der Waals surface area contributed by atoms with Gasteiger partial charge in [-0.25, -0.2) is 5.43 Å². The van der Waals surface area contributed by atoms with Crippen molar-refractivity contribution in [3.63, 3.8) is 0 Å². The van der Waals surface area contributed by atoms with Crippen LogP contribution < -0.4 is 10.2 Å². The van der Waals surface area contributed by atoms with Crippen molar-refractivity contribution in [2.45, 2.75) is 13.5 Å². The van der Waals surface area contributed by atoms with Crippen molar-refractivity contribution < 1.29 is 9.53 Å². The van der Waals surface area contributed by atoms with E-state index in [9.17, 15) is 4.79 Å². The number of amides is 1. The summed E-state index contributed by atoms with van der Waals surface area (Å²) in [5, 5.41) is 4.07. The smallest absolute Gasteiger partial charge is 0.271 e. The Morgan fingerprint density at radius 1 is 1.10 bits per heavy atom. The fraction of sp³-hybridized carbons (Fsp3) is 0.0909. The highest BCUT2D eigenvalue weighted by molar-refractivity contribution is 14.1. The fourth-order valence-electron chi connectivity index (χ4n) is 2.49. The third-order valence-corrected chi connectivity index (χ3v) is 6.09. The summed E-state index contributed by atoms with van der Waals surface area (Å²) in [5.41, 5.74) is 6.34. The van der Waals surface area contributed by atoms with Crippen molar-refractivity contribution in [2.24, 2.45) is 5.10 Å². The van der Waals surface area contributed by atoms with Crippen LogP contribution in [0.4, 0.5) is 0 Å². The number of hydrazone groups is 1. The Kier molecular flexibility index (Phi) is 8.07. The minimum Gasteiger partial charge on any atom is -0.487 e. The van der Waals surface area contributed by atoms with E-state index in [1.165, 1.54) is 5.56 Å². The predicted molar refractivity (Wildman–Crippen MR) is 137 cm³/mol. The monoisotopic (exact) mass is 674 g/mol. The molecule has 0 fully saturated rings. The van der Waals surface area contributed by atoms with Gasteiger partial charge in [-0.15, -0.1) is 0 Å². The Labute approximate surface area is 205 Å². The number of rotatable bonds is 6. The van der Waals surface area contributed by atoms with Gasteiger partial charge in [0.1, 0.15) is 12.4 Å². The zero-order chi connectivity index (χ0) is 20.8. The number of ether oxygens (including phenoxy) is 1. The van der Waals surface area contributed by atoms with Crippen LogP contribution in [0.5, 0.6) is 5.75 Å². The van der Waals surface area contributed by atoms with Gasteiger partial charge in [-0.05, 0) is 93.6 Å². The molecule has 3 aromatic rings. The molecular formula is C22H17BrI2N2O2. The Balaban J connectivity index is 1.64. The van der Waals surface area contributed by atoms with Crippen LogP contribution in [0.25, 0.3) is 0 Å². The van der Waals surface area contributed by atoms with Gasteiger partial charge >= 0.3 is 0 Å². The third kappa shape index (κ3) is 6.51. The summed E-state index contributed by atoms with van der Waals surface area (Å²) in [6, 6.07) is 19.4. The largest absolute Gasteiger partial charge is 0.487 e. The zero-order valence-corrected chi connectivity index (χ0v) is 21.4. The van der Waals surface area contributed by atoms with Crippen molar-refractivity contribution >= 4 is 73.2 Å². The van der Waals surface area contributed by atoms with Gasteiger partial charge in [0.25, 0.3) is 5.91 Å². The third-order valence-electron chi connectivity index (χ3n) is 3.99. The number of benzene rings is 3. The lowest BCUT2D eigenvalue weighted by Gasteiger charge is -2.11. The van der Waals surface area contributed by atoms with Gasteiger partial charge in [0.05, 0.1) is 13.4 Å². The van der Waals surface area contributed by atoms with Crippen LogP contribution in [0.1, 0.15) is 27.0 Å². The second-order valence-electron chi connectivity index (χ2n) is 6.30. The quantitative estimate of drug-likeness (QED) is 0.189. The van der Waals surface area contributed by atoms with Crippen molar-refractivity contribution in [2.75, 3.05) is 0 Å². The van der Waals surface area contributed by atoms with Crippen molar-refractivity contribution in [3.8, 4) is 5.75 Å². The first kappa shape index (κ1) is 22.2. The lowest BCUT2D eigenvalue weighted by Crippen LogP contribution is -2.17. The van der Waals surface area contributed by atoms with Gasteiger partial charge < -0.3 is 4.74 Å². The molecule has 0 heterocycles. The lowest BCUT2D eigenvalue weighted by atomic mass is 10.2. The predicted octanol–water partition coefficient (Wildman–Crippen LogP) is 6.31. The number of nitrogens with zero attached hydrogens (tertiary/aromatic N) is 1. The molecule has 7 heteroatoms. The first-order chi connectivity index (χ1) is 13.9. The van der Waals surface area contributed by atoms with Crippen molar-refractivity contribution in [1.82, 2.24) is 5.43 Å². The van der Waals surface area contributed by atoms with E-state index >= 15 is 0 Å². The molecular weight excluding hydrogens is 658 g/mol. The molecule has 29 heavy (non-hydrogen) atoms. The molecule has 0 saturated carbocycles. The lowest BCUT2D eigenvalue weighted by molar-refractivity contribution is 0.0955. The second-order valence-corrected chi connectivity index (χ2v) is 9.54. The van der Waals surface area contributed by atoms with Gasteiger partial charge in [0.2, 0.25) is 0 Å². The average Bonchev–Trinajstić information content (AvgIpc) is 2.68. The van der Waals surface area contributed by atoms with Gasteiger partial charge in [-0.2, -0.15) is 5.10 Å². The van der Waals surface area contributed by atoms with E-state index in [0.717, 1.165) is 28.5 Å². The normalized spacial score (nSPS) is 10.9. The number of carbonyl (C=O) groups excluding carboxylic acids is 1. The SMILES string of the molecule is Cc1ccc(COc2c(I)cc(/C=N\NC(=O)c3cccc(Br)c3)cc2I)cc1. The molecule has 0 aliphatic heterocycles. The molecule has 0 atom stereocenters. The van der Waals surface area contributed by atoms with Crippen LogP contribution in [-0.4, -0.2) is 12.1 Å². The van der Waals surface area contributed by atoms with Crippen LogP contribution in [0.3, 0.4) is 0 Å². The van der Waals surface area contributed by atoms with Gasteiger partial charge in [-0.3, -0.25) is 4.79 Å². The highest BCUT2D eigenvalue weighted by Crippen LogP contribution is 2.29. The zero-order valence-electron chi connectivity index (χ0n) is 15.5. The molecule has 0 aromatic heterocycles. The van der Waals surface area contributed by atoms with Crippen molar-refractivity contribution in [1.29, 1.82) is 0 Å². The van der Waals surface area contributed by atoms with Crippen LogP contribution in [0, 0.1) is 14.1 Å². The highest BCUT2D eigenvalue weighted by atomic mass is 127. The number of nitrogens with one attached hydrogen (secondary N) is 1. The van der Waals surface area contributed by atoms with Crippen LogP contribution in [0.2, 0.25) is 0 Å². The molecule has 1 amide bonds. The molecule has 148 valence electrons. The molecule has 3 aromatic carbocycles. The van der Waals surface area contributed by atoms with E-state index in [4.69, 9.17) is 4.74 Å². The first-order valence-corrected chi connectivity index (χ1v) is 11.6. The van der Waals surface area contributed by atoms with E-state index in [2.05, 4.69) is 103 Å². The number of halogens is 3. The Morgan fingerprint density at radius 2 is 1.79 bits per heavy atom. The molecule has 0 saturated heterocycles. The van der Waals surface area contributed by atoms with Gasteiger partial charge in [0, 0.05) is 10.0 Å². The topological polar surface area (TPSA) is 50.7 Å². The minimum atomic E-state index is -0.259. The van der Waals surface area contributed by atoms with E-state index in [1.807, 2.05) is 24.3 Å². The summed E-state index contributed by atoms with van der Waals surface area (Å²) >= 11 is 7.86. The molecule has 3 rings (SSSR count). The van der Waals surface area contributed by atoms with Crippen LogP contribution >= 0.6 is 61.1 Å². The van der Waals surface area contributed by atoms with E-state index in [1.54, 1.807) is 18.3 Å². The number of hydrogen-bond acceptors (Lipinski definition) is 3. The Hall–Kier alpha value is -1.46. The number of carbonyl (C=O) groups is 1. The second kappa shape index (κ2) is 10.5. The molecule has 0 radical (unpaired) electrons. The van der Waals surface area contributed by atoms with Crippen LogP contribution in [0.15, 0.2) is 70.2 Å². The van der Waals surface area contributed by atoms with Gasteiger partial charge in [-0.1, -0.05) is 51.8 Å². The summed E-state index contributed by atoms with van der Waals surface area (Å²) in [6.45, 7) is 2.58. The summed E-state index contributed by atoms with van der Waals surface area (Å²) in [6.07, 6.45) is 1.63. The Bertz CT molecular complexity index is 1030. The molecule has 0 bridgehead atoms. The molecule has 4 nitrogen and oxygen atoms in total. The van der Waals surface area contributed by atoms with E-state index in [-0.39, 0.29) is 5.91 Å². The summed E-state index contributed by atoms with van der Waals surface area (Å²) < 4.78 is 8.85. The maximum Gasteiger partial charge on any atom is 0.271 e. The van der Waals surface area contributed by atoms with E-state index in [0.29, 0.717) is 12.2 Å². The van der Waals surface area contributed by atoms with E-state index < -0.39 is 0 Å². The highest BCUT2D eigenvalue weighted by Gasteiger charge is 2.09. The maximum atomic E-state index is 12.1. The first-order valence-electron chi connectivity index (χ1n) is 8.69. The molecule has 1 N–H and O–H groups in total. The molecule has 0 unspecified atom stereocenters.